The first-order chi connectivity index (χ1) is 8.19. The zero-order chi connectivity index (χ0) is 14.4. The molecule has 0 heterocycles. The molecular formula is C8H9FNO6PS. The van der Waals surface area contributed by atoms with Gasteiger partial charge in [0.25, 0.3) is 0 Å². The fraction of sp³-hybridized carbons (Fsp3) is 0.375. The van der Waals surface area contributed by atoms with Crippen LogP contribution in [0.15, 0.2) is 0 Å². The number of carbonyl (C=O) groups excluding carboxylic acids is 1. The molecule has 0 saturated heterocycles. The van der Waals surface area contributed by atoms with Crippen LogP contribution in [-0.2, 0) is 24.0 Å². The molecule has 0 radical (unpaired) electrons. The number of nitrogens with zero attached hydrogens (tertiary/aromatic N) is 1. The van der Waals surface area contributed by atoms with Gasteiger partial charge in [-0.1, -0.05) is 15.7 Å². The normalized spacial score (nSPS) is 11.3. The summed E-state index contributed by atoms with van der Waals surface area (Å²) in [6.07, 6.45) is 9.63. The predicted molar refractivity (Wildman–Crippen MR) is 60.4 cm³/mol. The second-order valence-electron chi connectivity index (χ2n) is 2.64. The van der Waals surface area contributed by atoms with Crippen molar-refractivity contribution in [2.75, 3.05) is 20.3 Å². The SMILES string of the molecule is C#CCOP(=O)(OCC#C)C(=O)N(C)S(=O)(=O)F. The van der Waals surface area contributed by atoms with Crippen LogP contribution >= 0.6 is 7.60 Å². The van der Waals surface area contributed by atoms with E-state index in [1.54, 1.807) is 0 Å². The lowest BCUT2D eigenvalue weighted by Gasteiger charge is -2.18. The van der Waals surface area contributed by atoms with Crippen molar-refractivity contribution in [2.24, 2.45) is 0 Å². The standard InChI is InChI=1S/C8H9FNO6PS/c1-4-6-15-17(12,16-7-5-2)8(11)10(3)18(9,13)14/h1-2H,6-7H2,3H3. The second-order valence-corrected chi connectivity index (χ2v) is 5.91. The van der Waals surface area contributed by atoms with Gasteiger partial charge in [0.2, 0.25) is 0 Å². The fourth-order valence-corrected chi connectivity index (χ4v) is 2.57. The Morgan fingerprint density at radius 1 is 1.33 bits per heavy atom. The van der Waals surface area contributed by atoms with Gasteiger partial charge in [0.05, 0.1) is 0 Å². The van der Waals surface area contributed by atoms with Crippen LogP contribution in [0.2, 0.25) is 0 Å². The van der Waals surface area contributed by atoms with Crippen LogP contribution in [0.25, 0.3) is 0 Å². The highest BCUT2D eigenvalue weighted by atomic mass is 32.3. The largest absolute Gasteiger partial charge is 0.421 e. The highest BCUT2D eigenvalue weighted by molar-refractivity contribution is 7.86. The summed E-state index contributed by atoms with van der Waals surface area (Å²) in [7, 11) is -9.46. The molecule has 18 heavy (non-hydrogen) atoms. The Labute approximate surface area is 104 Å². The third-order valence-corrected chi connectivity index (χ3v) is 4.13. The van der Waals surface area contributed by atoms with Crippen molar-refractivity contribution in [3.63, 3.8) is 0 Å². The fourth-order valence-electron chi connectivity index (χ4n) is 0.658. The highest BCUT2D eigenvalue weighted by Crippen LogP contribution is 2.50. The molecule has 0 N–H and O–H groups in total. The summed E-state index contributed by atoms with van der Waals surface area (Å²) in [6.45, 7) is -1.21. The number of amides is 1. The van der Waals surface area contributed by atoms with E-state index < -0.39 is 41.2 Å². The smallest absolute Gasteiger partial charge is 0.289 e. The maximum atomic E-state index is 12.6. The molecule has 0 aromatic rings. The van der Waals surface area contributed by atoms with Gasteiger partial charge in [-0.2, -0.15) is 8.42 Å². The van der Waals surface area contributed by atoms with Crippen LogP contribution in [0.4, 0.5) is 8.68 Å². The third kappa shape index (κ3) is 4.47. The van der Waals surface area contributed by atoms with Crippen LogP contribution in [0.1, 0.15) is 0 Å². The molecule has 0 fully saturated rings. The minimum absolute atomic E-state index is 0.416. The molecule has 0 aliphatic carbocycles. The molecule has 0 saturated carbocycles. The maximum Gasteiger partial charge on any atom is 0.421 e. The van der Waals surface area contributed by atoms with Crippen molar-refractivity contribution in [1.29, 1.82) is 0 Å². The lowest BCUT2D eigenvalue weighted by atomic mass is 10.8. The first kappa shape index (κ1) is 16.6. The van der Waals surface area contributed by atoms with Crippen molar-refractivity contribution in [3.8, 4) is 24.7 Å². The van der Waals surface area contributed by atoms with E-state index in [0.717, 1.165) is 0 Å². The van der Waals surface area contributed by atoms with Crippen LogP contribution in [-0.4, -0.2) is 38.6 Å². The summed E-state index contributed by atoms with van der Waals surface area (Å²) < 4.78 is 53.9. The number of halogens is 1. The van der Waals surface area contributed by atoms with Crippen LogP contribution in [0.3, 0.4) is 0 Å². The van der Waals surface area contributed by atoms with E-state index in [-0.39, 0.29) is 0 Å². The molecule has 0 spiro atoms. The van der Waals surface area contributed by atoms with Gasteiger partial charge in [-0.15, -0.1) is 12.8 Å². The quantitative estimate of drug-likeness (QED) is 0.408. The molecule has 0 bridgehead atoms. The molecule has 1 amide bonds. The van der Waals surface area contributed by atoms with Gasteiger partial charge in [0.1, 0.15) is 13.2 Å². The molecule has 0 rings (SSSR count). The maximum absolute atomic E-state index is 12.6. The van der Waals surface area contributed by atoms with Crippen molar-refractivity contribution in [3.05, 3.63) is 0 Å². The molecule has 100 valence electrons. The molecular weight excluding hydrogens is 288 g/mol. The van der Waals surface area contributed by atoms with Gasteiger partial charge in [-0.25, -0.2) is 8.87 Å². The number of rotatable bonds is 6. The van der Waals surface area contributed by atoms with Crippen molar-refractivity contribution < 1.29 is 30.7 Å². The molecule has 7 nitrogen and oxygen atoms in total. The van der Waals surface area contributed by atoms with Gasteiger partial charge in [-0.3, -0.25) is 13.8 Å². The zero-order valence-corrected chi connectivity index (χ0v) is 10.9. The Bertz CT molecular complexity index is 523. The van der Waals surface area contributed by atoms with Crippen molar-refractivity contribution in [1.82, 2.24) is 4.31 Å². The Morgan fingerprint density at radius 2 is 1.72 bits per heavy atom. The summed E-state index contributed by atoms with van der Waals surface area (Å²) in [5, 5.41) is 0. The summed E-state index contributed by atoms with van der Waals surface area (Å²) in [5.74, 6) is 3.78. The summed E-state index contributed by atoms with van der Waals surface area (Å²) in [4.78, 5) is 11.5. The Balaban J connectivity index is 5.22. The minimum Gasteiger partial charge on any atom is -0.289 e. The highest BCUT2D eigenvalue weighted by Gasteiger charge is 2.42. The zero-order valence-electron chi connectivity index (χ0n) is 9.20. The minimum atomic E-state index is -5.39. The average Bonchev–Trinajstić information content (AvgIpc) is 2.30. The van der Waals surface area contributed by atoms with E-state index >= 15 is 0 Å². The number of terminal acetylenes is 2. The van der Waals surface area contributed by atoms with Gasteiger partial charge >= 0.3 is 23.7 Å². The molecule has 0 aromatic heterocycles. The van der Waals surface area contributed by atoms with Gasteiger partial charge < -0.3 is 0 Å². The Hall–Kier alpha value is -1.38. The first-order valence-electron chi connectivity index (χ1n) is 4.18. The van der Waals surface area contributed by atoms with Crippen LogP contribution < -0.4 is 0 Å². The summed E-state index contributed by atoms with van der Waals surface area (Å²) in [5.41, 5.74) is -1.73. The van der Waals surface area contributed by atoms with Crippen LogP contribution in [0, 0.1) is 24.7 Å². The number of hydrogen-bond donors (Lipinski definition) is 0. The molecule has 0 aliphatic heterocycles. The summed E-state index contributed by atoms with van der Waals surface area (Å²) in [6, 6.07) is 0. The van der Waals surface area contributed by atoms with Crippen molar-refractivity contribution >= 4 is 23.7 Å². The average molecular weight is 297 g/mol. The van der Waals surface area contributed by atoms with Crippen molar-refractivity contribution in [2.45, 2.75) is 0 Å². The van der Waals surface area contributed by atoms with Gasteiger partial charge in [0, 0.05) is 7.05 Å². The van der Waals surface area contributed by atoms with Gasteiger partial charge in [-0.05, 0) is 0 Å². The second kappa shape index (κ2) is 6.53. The number of hydrogen-bond acceptors (Lipinski definition) is 6. The van der Waals surface area contributed by atoms with E-state index in [9.17, 15) is 21.7 Å². The monoisotopic (exact) mass is 297 g/mol. The third-order valence-electron chi connectivity index (χ3n) is 1.47. The Morgan fingerprint density at radius 3 is 2.00 bits per heavy atom. The molecule has 10 heteroatoms. The lowest BCUT2D eigenvalue weighted by molar-refractivity contribution is 0.212. The van der Waals surface area contributed by atoms with Crippen LogP contribution in [0.5, 0.6) is 0 Å². The predicted octanol–water partition coefficient (Wildman–Crippen LogP) is 0.745. The first-order valence-corrected chi connectivity index (χ1v) is 7.06. The van der Waals surface area contributed by atoms with E-state index in [2.05, 4.69) is 9.05 Å². The molecule has 0 unspecified atom stereocenters. The lowest BCUT2D eigenvalue weighted by Crippen LogP contribution is -2.30. The van der Waals surface area contributed by atoms with E-state index in [0.29, 0.717) is 7.05 Å². The van der Waals surface area contributed by atoms with Gasteiger partial charge in [0.15, 0.2) is 0 Å². The number of carbonyl (C=O) groups is 1. The van der Waals surface area contributed by atoms with E-state index in [1.807, 2.05) is 11.8 Å². The van der Waals surface area contributed by atoms with E-state index in [4.69, 9.17) is 12.8 Å². The Kier molecular flexibility index (Phi) is 6.02. The molecule has 0 aliphatic rings. The topological polar surface area (TPSA) is 90.0 Å². The summed E-state index contributed by atoms with van der Waals surface area (Å²) >= 11 is 0. The molecule has 0 atom stereocenters. The van der Waals surface area contributed by atoms with E-state index in [1.165, 1.54) is 0 Å². The molecule has 0 aromatic carbocycles.